The van der Waals surface area contributed by atoms with Crippen LogP contribution in [0.25, 0.3) is 44.8 Å². The standard InChI is InChI=1S/C30H26N4.C15H10O3.ClHO4.Mn/c1-3-11-24(12-4-1)29-18-9-16-27(32-29)22-34(21-26-15-7-8-20-31-26)23-28-17-10-19-30(33-28)25-13-5-2-6-14-25;16-13-11-8-4-5-9-12(11)18-15(14(13)17)10-6-2-1-3-7-10;2-1(3,4)5;/h1-20H,21-23H2;1-9,17H;(H,2,3,4,5);/q;;;+3/p-2. The van der Waals surface area contributed by atoms with E-state index in [1.54, 1.807) is 48.5 Å². The average Bonchev–Trinajstić information content (AvgIpc) is 3.23. The molecule has 0 radical (unpaired) electrons. The van der Waals surface area contributed by atoms with E-state index < -0.39 is 21.4 Å². The van der Waals surface area contributed by atoms with E-state index in [4.69, 9.17) is 33.0 Å². The van der Waals surface area contributed by atoms with Gasteiger partial charge >= 0.3 is 17.1 Å². The number of halogens is 1. The Bertz CT molecular complexity index is 2460. The van der Waals surface area contributed by atoms with Gasteiger partial charge in [0.1, 0.15) is 11.3 Å². The molecule has 0 aliphatic rings. The Kier molecular flexibility index (Phi) is 15.5. The molecule has 0 N–H and O–H groups in total. The Labute approximate surface area is 347 Å². The Balaban J connectivity index is 0.000000223. The van der Waals surface area contributed by atoms with Gasteiger partial charge in [-0.2, -0.15) is 0 Å². The Morgan fingerprint density at radius 1 is 0.517 bits per heavy atom. The fourth-order valence-electron chi connectivity index (χ4n) is 5.93. The molecule has 0 saturated carbocycles. The molecule has 0 spiro atoms. The number of aromatic nitrogens is 3. The maximum atomic E-state index is 12.0. The third-order valence-corrected chi connectivity index (χ3v) is 8.43. The first-order valence-corrected chi connectivity index (χ1v) is 18.9. The van der Waals surface area contributed by atoms with E-state index in [0.717, 1.165) is 46.1 Å². The van der Waals surface area contributed by atoms with Crippen LogP contribution in [-0.4, -0.2) is 19.9 Å². The van der Waals surface area contributed by atoms with E-state index in [1.807, 2.05) is 60.8 Å². The van der Waals surface area contributed by atoms with Crippen LogP contribution >= 0.6 is 0 Å². The minimum atomic E-state index is -4.94. The zero-order valence-corrected chi connectivity index (χ0v) is 32.7. The van der Waals surface area contributed by atoms with Crippen LogP contribution in [0, 0.1) is 10.2 Å². The molecule has 290 valence electrons. The first kappa shape index (κ1) is 43.1. The van der Waals surface area contributed by atoms with E-state index >= 15 is 0 Å². The fourth-order valence-corrected chi connectivity index (χ4v) is 5.93. The molecule has 4 aromatic carbocycles. The van der Waals surface area contributed by atoms with Crippen LogP contribution in [0.2, 0.25) is 0 Å². The molecule has 0 amide bonds. The molecule has 0 saturated heterocycles. The van der Waals surface area contributed by atoms with Gasteiger partial charge in [0.25, 0.3) is 0 Å². The molecule has 0 bridgehead atoms. The predicted octanol–water partition coefficient (Wildman–Crippen LogP) is 4.18. The summed E-state index contributed by atoms with van der Waals surface area (Å²) in [4.78, 5) is 28.7. The second kappa shape index (κ2) is 20.9. The third-order valence-electron chi connectivity index (χ3n) is 8.43. The number of pyridine rings is 3. The van der Waals surface area contributed by atoms with Crippen molar-refractivity contribution in [2.45, 2.75) is 19.6 Å². The number of hydrogen-bond donors (Lipinski definition) is 0. The molecule has 0 unspecified atom stereocenters. The first-order valence-electron chi connectivity index (χ1n) is 17.7. The molecule has 0 aliphatic carbocycles. The quantitative estimate of drug-likeness (QED) is 0.190. The summed E-state index contributed by atoms with van der Waals surface area (Å²) in [5.74, 6) is -0.501. The molecule has 4 aromatic heterocycles. The predicted molar refractivity (Wildman–Crippen MR) is 204 cm³/mol. The number of rotatable bonds is 9. The fraction of sp³-hybridized carbons (Fsp3) is 0.0667. The molecule has 0 fully saturated rings. The monoisotopic (exact) mass is 833 g/mol. The summed E-state index contributed by atoms with van der Waals surface area (Å²) in [5.41, 5.74) is 7.83. The van der Waals surface area contributed by atoms with Gasteiger partial charge in [0.15, 0.2) is 5.43 Å². The maximum absolute atomic E-state index is 12.0. The topological polar surface area (TPSA) is 187 Å². The first-order chi connectivity index (χ1) is 27.6. The number of benzene rings is 4. The van der Waals surface area contributed by atoms with Crippen LogP contribution in [0.15, 0.2) is 185 Å². The molecule has 4 heterocycles. The number of nitrogens with zero attached hydrogens (tertiary/aromatic N) is 4. The molecule has 0 aliphatic heterocycles. The van der Waals surface area contributed by atoms with Crippen molar-refractivity contribution in [3.05, 3.63) is 203 Å². The Hall–Kier alpha value is -6.05. The zero-order valence-electron chi connectivity index (χ0n) is 30.8. The molecule has 0 atom stereocenters. The summed E-state index contributed by atoms with van der Waals surface area (Å²) in [6.45, 7) is 2.12. The van der Waals surface area contributed by atoms with Gasteiger partial charge < -0.3 is 9.52 Å². The molecular weight excluding hydrogens is 799 g/mol. The van der Waals surface area contributed by atoms with Crippen LogP contribution in [0.4, 0.5) is 0 Å². The van der Waals surface area contributed by atoms with Crippen LogP contribution in [0.3, 0.4) is 0 Å². The van der Waals surface area contributed by atoms with Crippen LogP contribution in [0.1, 0.15) is 17.1 Å². The number of para-hydroxylation sites is 1. The van der Waals surface area contributed by atoms with Crippen molar-refractivity contribution < 1.29 is 55.5 Å². The smallest absolute Gasteiger partial charge is 0.867 e. The van der Waals surface area contributed by atoms with Gasteiger partial charge in [-0.3, -0.25) is 24.6 Å². The normalized spacial score (nSPS) is 10.8. The molecule has 11 nitrogen and oxygen atoms in total. The van der Waals surface area contributed by atoms with Crippen molar-refractivity contribution >= 4 is 11.0 Å². The maximum Gasteiger partial charge on any atom is 3.00 e. The van der Waals surface area contributed by atoms with Crippen molar-refractivity contribution in [3.8, 4) is 39.6 Å². The summed E-state index contributed by atoms with van der Waals surface area (Å²) in [6, 6.07) is 54.8. The minimum Gasteiger partial charge on any atom is -0.867 e. The molecule has 8 rings (SSSR count). The summed E-state index contributed by atoms with van der Waals surface area (Å²) in [5, 5.41) is 12.3. The van der Waals surface area contributed by atoms with E-state index in [0.29, 0.717) is 29.6 Å². The van der Waals surface area contributed by atoms with Crippen LogP contribution in [0.5, 0.6) is 5.75 Å². The molecule has 58 heavy (non-hydrogen) atoms. The van der Waals surface area contributed by atoms with Crippen molar-refractivity contribution in [2.24, 2.45) is 0 Å². The van der Waals surface area contributed by atoms with Crippen LogP contribution < -0.4 is 29.2 Å². The van der Waals surface area contributed by atoms with E-state index in [1.165, 1.54) is 0 Å². The third kappa shape index (κ3) is 12.7. The number of hydrogen-bond acceptors (Lipinski definition) is 11. The second-order valence-electron chi connectivity index (χ2n) is 12.6. The van der Waals surface area contributed by atoms with Crippen molar-refractivity contribution in [1.82, 2.24) is 19.9 Å². The SMILES string of the molecule is O=c1c([O-])c(-c2ccccc2)oc2ccccc12.[Mn+3].[O-][Cl+3]([O-])([O-])[O-].c1ccc(-c2cccc(CN(Cc3ccccn3)Cc3cccc(-c4ccccc4)n3)n2)cc1. The van der Waals surface area contributed by atoms with Gasteiger partial charge in [-0.25, -0.2) is 18.6 Å². The molecule has 8 aromatic rings. The summed E-state index contributed by atoms with van der Waals surface area (Å²) < 4.78 is 39.5. The van der Waals surface area contributed by atoms with Gasteiger partial charge in [-0.05, 0) is 54.3 Å². The second-order valence-corrected chi connectivity index (χ2v) is 13.3. The largest absolute Gasteiger partial charge is 3.00 e. The van der Waals surface area contributed by atoms with Crippen molar-refractivity contribution in [2.75, 3.05) is 0 Å². The van der Waals surface area contributed by atoms with Crippen LogP contribution in [-0.2, 0) is 36.7 Å². The minimum absolute atomic E-state index is 0. The summed E-state index contributed by atoms with van der Waals surface area (Å²) >= 11 is 0. The van der Waals surface area contributed by atoms with Gasteiger partial charge in [-0.1, -0.05) is 121 Å². The van der Waals surface area contributed by atoms with Gasteiger partial charge in [-0.15, -0.1) is 10.2 Å². The zero-order chi connectivity index (χ0) is 40.0. The van der Waals surface area contributed by atoms with E-state index in [2.05, 4.69) is 76.6 Å². The summed E-state index contributed by atoms with van der Waals surface area (Å²) in [7, 11) is -4.94. The van der Waals surface area contributed by atoms with Gasteiger partial charge in [0.05, 0.1) is 33.9 Å². The van der Waals surface area contributed by atoms with Gasteiger partial charge in [0.2, 0.25) is 0 Å². The Morgan fingerprint density at radius 2 is 0.948 bits per heavy atom. The van der Waals surface area contributed by atoms with E-state index in [9.17, 15) is 9.90 Å². The molecule has 13 heteroatoms. The molecular formula is C45H35ClMnN4O7+. The number of fused-ring (bicyclic) bond motifs is 1. The van der Waals surface area contributed by atoms with E-state index in [-0.39, 0.29) is 22.8 Å². The Morgan fingerprint density at radius 3 is 1.45 bits per heavy atom. The van der Waals surface area contributed by atoms with Crippen molar-refractivity contribution in [1.29, 1.82) is 0 Å². The average molecular weight is 834 g/mol. The van der Waals surface area contributed by atoms with Gasteiger partial charge in [0, 0.05) is 42.5 Å². The van der Waals surface area contributed by atoms with Crippen molar-refractivity contribution in [3.63, 3.8) is 0 Å². The summed E-state index contributed by atoms with van der Waals surface area (Å²) in [6.07, 6.45) is 1.84.